The Kier molecular flexibility index (Phi) is 5.25. The molecule has 25 heavy (non-hydrogen) atoms. The van der Waals surface area contributed by atoms with E-state index in [1.807, 2.05) is 60.1 Å². The highest BCUT2D eigenvalue weighted by molar-refractivity contribution is 7.16. The van der Waals surface area contributed by atoms with Crippen molar-refractivity contribution in [3.05, 3.63) is 58.9 Å². The molecule has 6 nitrogen and oxygen atoms in total. The van der Waals surface area contributed by atoms with Crippen LogP contribution in [0.5, 0.6) is 5.75 Å². The number of hydrazone groups is 1. The number of aryl methyl sites for hydroxylation is 1. The van der Waals surface area contributed by atoms with E-state index in [4.69, 9.17) is 4.74 Å². The summed E-state index contributed by atoms with van der Waals surface area (Å²) in [5.41, 5.74) is 4.45. The lowest BCUT2D eigenvalue weighted by Gasteiger charge is -1.99. The second-order valence-electron chi connectivity index (χ2n) is 5.29. The van der Waals surface area contributed by atoms with Crippen LogP contribution in [0.25, 0.3) is 10.2 Å². The summed E-state index contributed by atoms with van der Waals surface area (Å²) in [4.78, 5) is 17.1. The molecular formula is C18H18N4O2S. The molecule has 0 radical (unpaired) electrons. The standard InChI is InChI=1S/C18H18N4O2S/c1-22-15-5-3-4-6-16(15)25-18(22)19-12-17(23)21-20-11-13-7-9-14(24-2)10-8-13/h3-11H,12H2,1-2H3,(H,21,23)/b19-18?,20-11+. The van der Waals surface area contributed by atoms with E-state index in [-0.39, 0.29) is 12.5 Å². The van der Waals surface area contributed by atoms with Crippen LogP contribution in [-0.4, -0.2) is 30.3 Å². The number of ether oxygens (including phenoxy) is 1. The Morgan fingerprint density at radius 3 is 2.72 bits per heavy atom. The van der Waals surface area contributed by atoms with E-state index < -0.39 is 0 Å². The van der Waals surface area contributed by atoms with E-state index in [0.29, 0.717) is 0 Å². The largest absolute Gasteiger partial charge is 0.497 e. The van der Waals surface area contributed by atoms with Gasteiger partial charge in [0.25, 0.3) is 5.91 Å². The number of amides is 1. The summed E-state index contributed by atoms with van der Waals surface area (Å²) in [6.45, 7) is 0.0284. The van der Waals surface area contributed by atoms with Crippen molar-refractivity contribution in [3.8, 4) is 5.75 Å². The maximum absolute atomic E-state index is 11.9. The number of para-hydroxylation sites is 1. The van der Waals surface area contributed by atoms with Crippen molar-refractivity contribution in [1.82, 2.24) is 9.99 Å². The summed E-state index contributed by atoms with van der Waals surface area (Å²) in [7, 11) is 3.56. The molecule has 0 fully saturated rings. The first kappa shape index (κ1) is 16.9. The summed E-state index contributed by atoms with van der Waals surface area (Å²) in [5.74, 6) is 0.512. The molecule has 1 heterocycles. The Morgan fingerprint density at radius 2 is 2.00 bits per heavy atom. The fraction of sp³-hybridized carbons (Fsp3) is 0.167. The number of rotatable bonds is 5. The van der Waals surface area contributed by atoms with Crippen LogP contribution in [0.4, 0.5) is 0 Å². The van der Waals surface area contributed by atoms with Gasteiger partial charge < -0.3 is 9.30 Å². The molecular weight excluding hydrogens is 336 g/mol. The fourth-order valence-electron chi connectivity index (χ4n) is 2.27. The third-order valence-electron chi connectivity index (χ3n) is 3.59. The number of methoxy groups -OCH3 is 1. The van der Waals surface area contributed by atoms with Crippen molar-refractivity contribution >= 4 is 33.7 Å². The third-order valence-corrected chi connectivity index (χ3v) is 4.74. The zero-order valence-electron chi connectivity index (χ0n) is 14.0. The van der Waals surface area contributed by atoms with Crippen molar-refractivity contribution < 1.29 is 9.53 Å². The molecule has 0 unspecified atom stereocenters. The van der Waals surface area contributed by atoms with Crippen LogP contribution < -0.4 is 15.0 Å². The Morgan fingerprint density at radius 1 is 1.24 bits per heavy atom. The average Bonchev–Trinajstić information content (AvgIpc) is 2.97. The normalized spacial score (nSPS) is 12.0. The molecule has 1 amide bonds. The number of nitrogens with zero attached hydrogens (tertiary/aromatic N) is 3. The Labute approximate surface area is 149 Å². The van der Waals surface area contributed by atoms with Crippen molar-refractivity contribution in [2.75, 3.05) is 13.7 Å². The molecule has 1 N–H and O–H groups in total. The van der Waals surface area contributed by atoms with Crippen molar-refractivity contribution in [3.63, 3.8) is 0 Å². The maximum atomic E-state index is 11.9. The van der Waals surface area contributed by atoms with Crippen LogP contribution >= 0.6 is 11.3 Å². The highest BCUT2D eigenvalue weighted by Crippen LogP contribution is 2.15. The van der Waals surface area contributed by atoms with Crippen molar-refractivity contribution in [2.24, 2.45) is 17.1 Å². The van der Waals surface area contributed by atoms with Gasteiger partial charge in [-0.2, -0.15) is 5.10 Å². The lowest BCUT2D eigenvalue weighted by Crippen LogP contribution is -2.22. The van der Waals surface area contributed by atoms with Gasteiger partial charge in [0.05, 0.1) is 23.5 Å². The molecule has 0 aliphatic carbocycles. The van der Waals surface area contributed by atoms with Gasteiger partial charge in [-0.05, 0) is 42.0 Å². The number of thiazole rings is 1. The predicted molar refractivity (Wildman–Crippen MR) is 100.0 cm³/mol. The molecule has 0 atom stereocenters. The smallest absolute Gasteiger partial charge is 0.261 e. The van der Waals surface area contributed by atoms with Crippen LogP contribution in [0, 0.1) is 0 Å². The number of hydrogen-bond donors (Lipinski definition) is 1. The van der Waals surface area contributed by atoms with Crippen LogP contribution in [-0.2, 0) is 11.8 Å². The Bertz CT molecular complexity index is 971. The van der Waals surface area contributed by atoms with Crippen LogP contribution in [0.3, 0.4) is 0 Å². The van der Waals surface area contributed by atoms with E-state index in [0.717, 1.165) is 26.3 Å². The highest BCUT2D eigenvalue weighted by atomic mass is 32.1. The molecule has 1 aromatic heterocycles. The zero-order chi connectivity index (χ0) is 17.6. The van der Waals surface area contributed by atoms with Crippen molar-refractivity contribution in [2.45, 2.75) is 0 Å². The van der Waals surface area contributed by atoms with Crippen LogP contribution in [0.15, 0.2) is 58.6 Å². The van der Waals surface area contributed by atoms with Gasteiger partial charge in [-0.3, -0.25) is 4.79 Å². The molecule has 2 aromatic carbocycles. The minimum atomic E-state index is -0.262. The van der Waals surface area contributed by atoms with Crippen LogP contribution in [0.2, 0.25) is 0 Å². The zero-order valence-corrected chi connectivity index (χ0v) is 14.8. The topological polar surface area (TPSA) is 68.0 Å². The summed E-state index contributed by atoms with van der Waals surface area (Å²) >= 11 is 1.56. The molecule has 0 saturated heterocycles. The molecule has 128 valence electrons. The Balaban J connectivity index is 1.61. The second-order valence-corrected chi connectivity index (χ2v) is 6.30. The number of aromatic nitrogens is 1. The van der Waals surface area contributed by atoms with Gasteiger partial charge in [0.1, 0.15) is 12.3 Å². The summed E-state index contributed by atoms with van der Waals surface area (Å²) in [5, 5.41) is 3.95. The Hall–Kier alpha value is -2.93. The van der Waals surface area contributed by atoms with E-state index in [9.17, 15) is 4.79 Å². The van der Waals surface area contributed by atoms with Gasteiger partial charge in [-0.1, -0.05) is 23.5 Å². The molecule has 0 saturated carbocycles. The van der Waals surface area contributed by atoms with Gasteiger partial charge in [-0.25, -0.2) is 10.4 Å². The number of carbonyl (C=O) groups is 1. The predicted octanol–water partition coefficient (Wildman–Crippen LogP) is 2.30. The van der Waals surface area contributed by atoms with Gasteiger partial charge in [-0.15, -0.1) is 0 Å². The maximum Gasteiger partial charge on any atom is 0.261 e. The first-order valence-electron chi connectivity index (χ1n) is 7.68. The lowest BCUT2D eigenvalue weighted by molar-refractivity contribution is -0.119. The summed E-state index contributed by atoms with van der Waals surface area (Å²) in [6.07, 6.45) is 1.58. The summed E-state index contributed by atoms with van der Waals surface area (Å²) < 4.78 is 8.21. The molecule has 0 bridgehead atoms. The first-order chi connectivity index (χ1) is 12.2. The first-order valence-corrected chi connectivity index (χ1v) is 8.50. The van der Waals surface area contributed by atoms with Gasteiger partial charge >= 0.3 is 0 Å². The molecule has 7 heteroatoms. The SMILES string of the molecule is COc1ccc(/C=N/NC(=O)CN=c2sc3ccccc3n2C)cc1. The van der Waals surface area contributed by atoms with Crippen LogP contribution in [0.1, 0.15) is 5.56 Å². The monoisotopic (exact) mass is 354 g/mol. The second kappa shape index (κ2) is 7.76. The lowest BCUT2D eigenvalue weighted by atomic mass is 10.2. The van der Waals surface area contributed by atoms with E-state index in [1.54, 1.807) is 24.7 Å². The quantitative estimate of drug-likeness (QED) is 0.564. The van der Waals surface area contributed by atoms with Gasteiger partial charge in [0.2, 0.25) is 0 Å². The number of nitrogens with one attached hydrogen (secondary N) is 1. The number of carbonyl (C=O) groups excluding carboxylic acids is 1. The van der Waals surface area contributed by atoms with E-state index in [2.05, 4.69) is 15.5 Å². The third kappa shape index (κ3) is 4.13. The highest BCUT2D eigenvalue weighted by Gasteiger charge is 2.02. The minimum absolute atomic E-state index is 0.0284. The fourth-order valence-corrected chi connectivity index (χ4v) is 3.29. The number of fused-ring (bicyclic) bond motifs is 1. The van der Waals surface area contributed by atoms with Gasteiger partial charge in [0, 0.05) is 7.05 Å². The minimum Gasteiger partial charge on any atom is -0.497 e. The number of benzene rings is 2. The average molecular weight is 354 g/mol. The van der Waals surface area contributed by atoms with E-state index >= 15 is 0 Å². The molecule has 3 aromatic rings. The van der Waals surface area contributed by atoms with Gasteiger partial charge in [0.15, 0.2) is 4.80 Å². The van der Waals surface area contributed by atoms with E-state index in [1.165, 1.54) is 0 Å². The summed E-state index contributed by atoms with van der Waals surface area (Å²) in [6, 6.07) is 15.4. The molecule has 0 aliphatic heterocycles. The number of hydrogen-bond acceptors (Lipinski definition) is 5. The van der Waals surface area contributed by atoms with Crippen molar-refractivity contribution in [1.29, 1.82) is 0 Å². The molecule has 3 rings (SSSR count). The molecule has 0 aliphatic rings. The molecule has 0 spiro atoms.